The number of benzene rings is 4. The Balaban J connectivity index is 1.15. The number of hydrogen-bond acceptors (Lipinski definition) is 5. The first-order chi connectivity index (χ1) is 21.9. The smallest absolute Gasteiger partial charge is 0.412 e. The summed E-state index contributed by atoms with van der Waals surface area (Å²) in [7, 11) is 0. The number of carbonyl (C=O) groups is 2. The number of fused-ring (bicyclic) bond motifs is 10. The number of carbonyl (C=O) groups excluding carboxylic acids is 2. The summed E-state index contributed by atoms with van der Waals surface area (Å²) in [5.74, 6) is 2.47. The summed E-state index contributed by atoms with van der Waals surface area (Å²) in [6.07, 6.45) is 5.60. The predicted octanol–water partition coefficient (Wildman–Crippen LogP) is 7.94. The average molecular weight is 602 g/mol. The molecule has 1 aromatic heterocycles. The number of ether oxygens (including phenoxy) is 3. The Bertz CT molecular complexity index is 2000. The van der Waals surface area contributed by atoms with E-state index in [1.165, 1.54) is 11.1 Å². The summed E-state index contributed by atoms with van der Waals surface area (Å²) >= 11 is 0. The minimum absolute atomic E-state index is 0.0333. The third-order valence-corrected chi connectivity index (χ3v) is 9.17. The Kier molecular flexibility index (Phi) is 6.66. The molecule has 0 spiro atoms. The van der Waals surface area contributed by atoms with E-state index in [4.69, 9.17) is 14.2 Å². The van der Waals surface area contributed by atoms with Crippen molar-refractivity contribution in [3.8, 4) is 34.1 Å². The van der Waals surface area contributed by atoms with Crippen LogP contribution in [0.2, 0.25) is 0 Å². The molecule has 2 heterocycles. The van der Waals surface area contributed by atoms with Gasteiger partial charge >= 0.3 is 6.09 Å². The van der Waals surface area contributed by atoms with Crippen molar-refractivity contribution in [2.75, 3.05) is 0 Å². The van der Waals surface area contributed by atoms with Crippen LogP contribution in [0.15, 0.2) is 60.7 Å². The SMILES string of the molecule is CC(C)Oc1ccc2c(c1)CCc1c-2c2c(c3c1[nH]c1ccc(Oc4cccc(OC(=O)NC5CCCC5)c4)cc13)CNC2=O. The second-order valence-corrected chi connectivity index (χ2v) is 12.5. The molecule has 2 aliphatic carbocycles. The van der Waals surface area contributed by atoms with Crippen LogP contribution in [0.25, 0.3) is 32.9 Å². The maximum atomic E-state index is 13.4. The van der Waals surface area contributed by atoms with Crippen LogP contribution >= 0.6 is 0 Å². The second-order valence-electron chi connectivity index (χ2n) is 12.5. The molecule has 2 amide bonds. The lowest BCUT2D eigenvalue weighted by Crippen LogP contribution is -2.34. The summed E-state index contributed by atoms with van der Waals surface area (Å²) < 4.78 is 17.8. The highest BCUT2D eigenvalue weighted by Crippen LogP contribution is 2.47. The van der Waals surface area contributed by atoms with Crippen LogP contribution in [0.1, 0.15) is 66.6 Å². The fraction of sp³-hybridized carbons (Fsp3) is 0.297. The topological polar surface area (TPSA) is 102 Å². The minimum atomic E-state index is -0.438. The van der Waals surface area contributed by atoms with E-state index < -0.39 is 6.09 Å². The fourth-order valence-electron chi connectivity index (χ4n) is 7.29. The highest BCUT2D eigenvalue weighted by atomic mass is 16.6. The van der Waals surface area contributed by atoms with Gasteiger partial charge in [-0.05, 0) is 104 Å². The average Bonchev–Trinajstić information content (AvgIpc) is 3.76. The normalized spacial score (nSPS) is 15.6. The molecule has 0 radical (unpaired) electrons. The monoisotopic (exact) mass is 601 g/mol. The highest BCUT2D eigenvalue weighted by Gasteiger charge is 2.33. The van der Waals surface area contributed by atoms with Gasteiger partial charge in [-0.3, -0.25) is 4.79 Å². The molecule has 3 aliphatic rings. The number of amides is 2. The molecule has 0 atom stereocenters. The Labute approximate surface area is 261 Å². The Morgan fingerprint density at radius 1 is 0.889 bits per heavy atom. The van der Waals surface area contributed by atoms with Crippen molar-refractivity contribution in [2.45, 2.75) is 71.1 Å². The molecule has 0 bridgehead atoms. The van der Waals surface area contributed by atoms with E-state index in [0.717, 1.165) is 88.3 Å². The van der Waals surface area contributed by atoms with Gasteiger partial charge in [-0.25, -0.2) is 4.79 Å². The van der Waals surface area contributed by atoms with Crippen LogP contribution in [0, 0.1) is 0 Å². The van der Waals surface area contributed by atoms with Crippen LogP contribution in [0.3, 0.4) is 0 Å². The van der Waals surface area contributed by atoms with Crippen molar-refractivity contribution in [3.05, 3.63) is 82.9 Å². The molecule has 3 N–H and O–H groups in total. The molecule has 4 aromatic carbocycles. The van der Waals surface area contributed by atoms with E-state index in [1.807, 2.05) is 50.2 Å². The van der Waals surface area contributed by atoms with Gasteiger partial charge in [0.2, 0.25) is 0 Å². The quantitative estimate of drug-likeness (QED) is 0.183. The maximum Gasteiger partial charge on any atom is 0.412 e. The zero-order valence-electron chi connectivity index (χ0n) is 25.4. The largest absolute Gasteiger partial charge is 0.491 e. The molecule has 45 heavy (non-hydrogen) atoms. The van der Waals surface area contributed by atoms with Gasteiger partial charge < -0.3 is 29.8 Å². The molecular weight excluding hydrogens is 566 g/mol. The highest BCUT2D eigenvalue weighted by molar-refractivity contribution is 6.19. The Morgan fingerprint density at radius 2 is 1.69 bits per heavy atom. The summed E-state index contributed by atoms with van der Waals surface area (Å²) in [6.45, 7) is 4.53. The van der Waals surface area contributed by atoms with Crippen LogP contribution in [-0.4, -0.2) is 29.1 Å². The van der Waals surface area contributed by atoms with Crippen LogP contribution in [-0.2, 0) is 19.4 Å². The van der Waals surface area contributed by atoms with Gasteiger partial charge in [0.1, 0.15) is 23.0 Å². The second kappa shape index (κ2) is 10.9. The molecule has 1 saturated carbocycles. The summed E-state index contributed by atoms with van der Waals surface area (Å²) in [4.78, 5) is 29.5. The lowest BCUT2D eigenvalue weighted by Gasteiger charge is -2.24. The van der Waals surface area contributed by atoms with Gasteiger partial charge in [-0.1, -0.05) is 25.0 Å². The molecule has 8 heteroatoms. The van der Waals surface area contributed by atoms with E-state index in [0.29, 0.717) is 23.8 Å². The fourth-order valence-corrected chi connectivity index (χ4v) is 7.29. The van der Waals surface area contributed by atoms with Crippen LogP contribution in [0.4, 0.5) is 4.79 Å². The lowest BCUT2D eigenvalue weighted by atomic mass is 9.80. The molecule has 0 unspecified atom stereocenters. The number of aromatic amines is 1. The van der Waals surface area contributed by atoms with E-state index in [9.17, 15) is 9.59 Å². The number of nitrogens with one attached hydrogen (secondary N) is 3. The van der Waals surface area contributed by atoms with E-state index in [1.54, 1.807) is 12.1 Å². The summed E-state index contributed by atoms with van der Waals surface area (Å²) in [6, 6.07) is 19.5. The Hall–Kier alpha value is -4.98. The number of rotatable bonds is 6. The molecule has 5 aromatic rings. The van der Waals surface area contributed by atoms with Gasteiger partial charge in [-0.2, -0.15) is 0 Å². The van der Waals surface area contributed by atoms with Gasteiger partial charge in [-0.15, -0.1) is 0 Å². The van der Waals surface area contributed by atoms with E-state index in [-0.39, 0.29) is 18.1 Å². The lowest BCUT2D eigenvalue weighted by molar-refractivity contribution is 0.0966. The zero-order chi connectivity index (χ0) is 30.7. The molecular formula is C37H35N3O5. The van der Waals surface area contributed by atoms with Crippen molar-refractivity contribution in [3.63, 3.8) is 0 Å². The molecule has 0 saturated heterocycles. The standard InChI is InChI=1S/C37H35N3O5/c1-20(2)43-25-11-14-27-21(16-25)10-13-28-32(27)34-30(19-38-36(34)41)33-29-18-26(12-15-31(29)40-35(28)33)44-23-8-5-9-24(17-23)45-37(42)39-22-6-3-4-7-22/h5,8-9,11-12,14-18,20,22,40H,3-4,6-7,10,13,19H2,1-2H3,(H,38,41)(H,39,42). The van der Waals surface area contributed by atoms with Gasteiger partial charge in [0, 0.05) is 40.5 Å². The maximum absolute atomic E-state index is 13.4. The molecule has 8 rings (SSSR count). The van der Waals surface area contributed by atoms with Crippen molar-refractivity contribution < 1.29 is 23.8 Å². The number of hydrogen-bond donors (Lipinski definition) is 3. The summed E-state index contributed by atoms with van der Waals surface area (Å²) in [5.41, 5.74) is 8.34. The van der Waals surface area contributed by atoms with Gasteiger partial charge in [0.25, 0.3) is 5.91 Å². The van der Waals surface area contributed by atoms with Crippen molar-refractivity contribution >= 4 is 33.8 Å². The molecule has 8 nitrogen and oxygen atoms in total. The number of aryl methyl sites for hydroxylation is 2. The minimum Gasteiger partial charge on any atom is -0.491 e. The van der Waals surface area contributed by atoms with E-state index in [2.05, 4.69) is 27.8 Å². The summed E-state index contributed by atoms with van der Waals surface area (Å²) in [5, 5.41) is 8.11. The Morgan fingerprint density at radius 3 is 2.53 bits per heavy atom. The molecule has 1 aliphatic heterocycles. The molecule has 228 valence electrons. The number of H-pyrrole nitrogens is 1. The zero-order valence-corrected chi connectivity index (χ0v) is 25.4. The van der Waals surface area contributed by atoms with Gasteiger partial charge in [0.05, 0.1) is 17.2 Å². The molecule has 1 fully saturated rings. The van der Waals surface area contributed by atoms with Crippen LogP contribution < -0.4 is 24.8 Å². The first-order valence-corrected chi connectivity index (χ1v) is 15.9. The first kappa shape index (κ1) is 27.6. The van der Waals surface area contributed by atoms with E-state index >= 15 is 0 Å². The van der Waals surface area contributed by atoms with Crippen LogP contribution in [0.5, 0.6) is 23.0 Å². The third-order valence-electron chi connectivity index (χ3n) is 9.17. The van der Waals surface area contributed by atoms with Crippen molar-refractivity contribution in [1.29, 1.82) is 0 Å². The van der Waals surface area contributed by atoms with Gasteiger partial charge in [0.15, 0.2) is 0 Å². The van der Waals surface area contributed by atoms with Crippen molar-refractivity contribution in [2.24, 2.45) is 0 Å². The van der Waals surface area contributed by atoms with Crippen molar-refractivity contribution in [1.82, 2.24) is 15.6 Å². The third kappa shape index (κ3) is 4.94. The number of aromatic nitrogens is 1. The first-order valence-electron chi connectivity index (χ1n) is 15.9. The predicted molar refractivity (Wildman–Crippen MR) is 174 cm³/mol.